The first-order chi connectivity index (χ1) is 15.1. The molecule has 2 aromatic rings. The molecule has 0 radical (unpaired) electrons. The Bertz CT molecular complexity index is 961. The maximum absolute atomic E-state index is 12.9. The predicted octanol–water partition coefficient (Wildman–Crippen LogP) is 3.17. The minimum absolute atomic E-state index is 0.0777. The Labute approximate surface area is 186 Å². The molecule has 162 valence electrons. The number of carbonyl (C=O) groups excluding carboxylic acids is 2. The van der Waals surface area contributed by atoms with Crippen LogP contribution in [0.3, 0.4) is 0 Å². The number of nitrogens with zero attached hydrogens (tertiary/aromatic N) is 2. The van der Waals surface area contributed by atoms with Crippen LogP contribution in [0.15, 0.2) is 53.4 Å². The van der Waals surface area contributed by atoms with E-state index in [1.54, 1.807) is 23.1 Å². The molecule has 0 bridgehead atoms. The van der Waals surface area contributed by atoms with Crippen molar-refractivity contribution in [1.82, 2.24) is 10.2 Å². The van der Waals surface area contributed by atoms with E-state index >= 15 is 0 Å². The molecule has 0 saturated carbocycles. The van der Waals surface area contributed by atoms with Gasteiger partial charge in [0.05, 0.1) is 26.0 Å². The van der Waals surface area contributed by atoms with Crippen LogP contribution >= 0.6 is 11.8 Å². The van der Waals surface area contributed by atoms with Crippen LogP contribution in [0.5, 0.6) is 11.5 Å². The van der Waals surface area contributed by atoms with Crippen molar-refractivity contribution < 1.29 is 19.1 Å². The Kier molecular flexibility index (Phi) is 7.79. The number of benzene rings is 2. The first-order valence-corrected chi connectivity index (χ1v) is 10.9. The second-order valence-corrected chi connectivity index (χ2v) is 8.08. The largest absolute Gasteiger partial charge is 0.493 e. The summed E-state index contributed by atoms with van der Waals surface area (Å²) >= 11 is 1.45. The average molecular weight is 440 g/mol. The van der Waals surface area contributed by atoms with E-state index in [1.807, 2.05) is 30.3 Å². The van der Waals surface area contributed by atoms with Crippen molar-refractivity contribution in [3.8, 4) is 17.6 Å². The fourth-order valence-corrected chi connectivity index (χ4v) is 4.35. The summed E-state index contributed by atoms with van der Waals surface area (Å²) in [4.78, 5) is 28.3. The molecule has 8 heteroatoms. The van der Waals surface area contributed by atoms with Gasteiger partial charge in [0.15, 0.2) is 11.5 Å². The van der Waals surface area contributed by atoms with Gasteiger partial charge in [-0.25, -0.2) is 0 Å². The second-order valence-electron chi connectivity index (χ2n) is 7.03. The third-order valence-corrected chi connectivity index (χ3v) is 6.13. The molecule has 1 heterocycles. The molecular formula is C23H25N3O4S. The summed E-state index contributed by atoms with van der Waals surface area (Å²) in [6.45, 7) is 0.542. The molecule has 0 aliphatic carbocycles. The molecule has 0 aromatic heterocycles. The van der Waals surface area contributed by atoms with Gasteiger partial charge in [0.1, 0.15) is 12.1 Å². The summed E-state index contributed by atoms with van der Waals surface area (Å²) in [6, 6.07) is 15.4. The minimum Gasteiger partial charge on any atom is -0.493 e. The summed E-state index contributed by atoms with van der Waals surface area (Å²) in [5, 5.41) is 12.4. The molecule has 2 amide bonds. The molecule has 1 saturated heterocycles. The second kappa shape index (κ2) is 10.7. The van der Waals surface area contributed by atoms with Crippen molar-refractivity contribution in [2.24, 2.45) is 0 Å². The van der Waals surface area contributed by atoms with Crippen LogP contribution in [0.4, 0.5) is 0 Å². The Morgan fingerprint density at radius 2 is 1.94 bits per heavy atom. The molecule has 2 aromatic carbocycles. The van der Waals surface area contributed by atoms with Crippen LogP contribution in [0.25, 0.3) is 0 Å². The van der Waals surface area contributed by atoms with Gasteiger partial charge in [0.2, 0.25) is 11.8 Å². The van der Waals surface area contributed by atoms with Crippen LogP contribution < -0.4 is 14.8 Å². The third kappa shape index (κ3) is 5.50. The number of nitriles is 1. The zero-order valence-electron chi connectivity index (χ0n) is 17.5. The molecule has 1 fully saturated rings. The quantitative estimate of drug-likeness (QED) is 0.636. The molecule has 1 aliphatic rings. The molecule has 31 heavy (non-hydrogen) atoms. The van der Waals surface area contributed by atoms with Gasteiger partial charge in [-0.15, -0.1) is 11.8 Å². The predicted molar refractivity (Wildman–Crippen MR) is 118 cm³/mol. The van der Waals surface area contributed by atoms with E-state index in [-0.39, 0.29) is 17.6 Å². The number of likely N-dealkylation sites (tertiary alicyclic amines) is 1. The van der Waals surface area contributed by atoms with Crippen molar-refractivity contribution in [2.75, 3.05) is 26.5 Å². The molecule has 0 spiro atoms. The van der Waals surface area contributed by atoms with Gasteiger partial charge in [0, 0.05) is 11.4 Å². The molecular weight excluding hydrogens is 414 g/mol. The highest BCUT2D eigenvalue weighted by atomic mass is 32.2. The number of amides is 2. The van der Waals surface area contributed by atoms with Crippen LogP contribution in [-0.2, 0) is 9.59 Å². The number of thioether (sulfide) groups is 1. The number of hydrogen-bond donors (Lipinski definition) is 1. The minimum atomic E-state index is -0.858. The standard InChI is InChI=1S/C23H25N3O4S/c1-29-20-11-10-16(13-21(20)30-2)18(14-24)25-23(28)19-9-6-12-26(19)22(27)15-31-17-7-4-3-5-8-17/h3-5,7-8,10-11,13,18-19H,6,9,12,15H2,1-2H3,(H,25,28)/t18?,19-/m0/s1. The van der Waals surface area contributed by atoms with Crippen molar-refractivity contribution >= 4 is 23.6 Å². The SMILES string of the molecule is COc1ccc(C(C#N)NC(=O)[C@@H]2CCCN2C(=O)CSc2ccccc2)cc1OC. The summed E-state index contributed by atoms with van der Waals surface area (Å²) in [6.07, 6.45) is 1.34. The number of hydrogen-bond acceptors (Lipinski definition) is 6. The lowest BCUT2D eigenvalue weighted by atomic mass is 10.1. The fraction of sp³-hybridized carbons (Fsp3) is 0.348. The van der Waals surface area contributed by atoms with E-state index in [2.05, 4.69) is 11.4 Å². The zero-order chi connectivity index (χ0) is 22.2. The lowest BCUT2D eigenvalue weighted by Gasteiger charge is -2.25. The van der Waals surface area contributed by atoms with Crippen LogP contribution in [0.2, 0.25) is 0 Å². The monoisotopic (exact) mass is 439 g/mol. The highest BCUT2D eigenvalue weighted by molar-refractivity contribution is 8.00. The maximum atomic E-state index is 12.9. The fourth-order valence-electron chi connectivity index (χ4n) is 3.54. The van der Waals surface area contributed by atoms with Gasteiger partial charge >= 0.3 is 0 Å². The normalized spacial score (nSPS) is 16.3. The average Bonchev–Trinajstić information content (AvgIpc) is 3.31. The number of nitrogens with one attached hydrogen (secondary N) is 1. The highest BCUT2D eigenvalue weighted by Crippen LogP contribution is 2.30. The molecule has 2 atom stereocenters. The first kappa shape index (κ1) is 22.5. The Hall–Kier alpha value is -3.18. The first-order valence-electron chi connectivity index (χ1n) is 9.96. The van der Waals surface area contributed by atoms with Crippen molar-refractivity contribution in [3.05, 3.63) is 54.1 Å². The van der Waals surface area contributed by atoms with E-state index < -0.39 is 12.1 Å². The lowest BCUT2D eigenvalue weighted by Crippen LogP contribution is -2.47. The van der Waals surface area contributed by atoms with Crippen molar-refractivity contribution in [3.63, 3.8) is 0 Å². The van der Waals surface area contributed by atoms with Gasteiger partial charge in [-0.05, 0) is 42.7 Å². The van der Waals surface area contributed by atoms with Crippen LogP contribution in [-0.4, -0.2) is 49.3 Å². The van der Waals surface area contributed by atoms with E-state index in [9.17, 15) is 14.9 Å². The summed E-state index contributed by atoms with van der Waals surface area (Å²) in [7, 11) is 3.04. The number of rotatable bonds is 8. The van der Waals surface area contributed by atoms with Gasteiger partial charge in [-0.1, -0.05) is 24.3 Å². The third-order valence-electron chi connectivity index (χ3n) is 5.14. The topological polar surface area (TPSA) is 91.7 Å². The van der Waals surface area contributed by atoms with Gasteiger partial charge in [0.25, 0.3) is 0 Å². The van der Waals surface area contributed by atoms with Crippen LogP contribution in [0.1, 0.15) is 24.4 Å². The molecule has 1 aliphatic heterocycles. The van der Waals surface area contributed by atoms with Gasteiger partial charge in [-0.3, -0.25) is 9.59 Å². The van der Waals surface area contributed by atoms with Gasteiger partial charge < -0.3 is 19.7 Å². The van der Waals surface area contributed by atoms with Crippen molar-refractivity contribution in [1.29, 1.82) is 5.26 Å². The van der Waals surface area contributed by atoms with E-state index in [4.69, 9.17) is 9.47 Å². The van der Waals surface area contributed by atoms with E-state index in [0.29, 0.717) is 30.0 Å². The zero-order valence-corrected chi connectivity index (χ0v) is 18.4. The van der Waals surface area contributed by atoms with E-state index in [0.717, 1.165) is 11.3 Å². The highest BCUT2D eigenvalue weighted by Gasteiger charge is 2.35. The molecule has 7 nitrogen and oxygen atoms in total. The molecule has 1 unspecified atom stereocenters. The number of methoxy groups -OCH3 is 2. The summed E-state index contributed by atoms with van der Waals surface area (Å²) < 4.78 is 10.5. The van der Waals surface area contributed by atoms with Gasteiger partial charge in [-0.2, -0.15) is 5.26 Å². The number of ether oxygens (including phenoxy) is 2. The Balaban J connectivity index is 1.65. The molecule has 1 N–H and O–H groups in total. The lowest BCUT2D eigenvalue weighted by molar-refractivity contribution is -0.136. The summed E-state index contributed by atoms with van der Waals surface area (Å²) in [5.74, 6) is 0.886. The van der Waals surface area contributed by atoms with Crippen molar-refractivity contribution in [2.45, 2.75) is 29.8 Å². The Morgan fingerprint density at radius 1 is 1.19 bits per heavy atom. The summed E-state index contributed by atoms with van der Waals surface area (Å²) in [5.41, 5.74) is 0.587. The number of carbonyl (C=O) groups is 2. The van der Waals surface area contributed by atoms with Crippen LogP contribution in [0, 0.1) is 11.3 Å². The molecule has 3 rings (SSSR count). The van der Waals surface area contributed by atoms with E-state index in [1.165, 1.54) is 26.0 Å². The maximum Gasteiger partial charge on any atom is 0.244 e. The Morgan fingerprint density at radius 3 is 2.61 bits per heavy atom. The smallest absolute Gasteiger partial charge is 0.244 e.